The van der Waals surface area contributed by atoms with Gasteiger partial charge in [-0.1, -0.05) is 18.2 Å². The molecule has 114 valence electrons. The SMILES string of the molecule is CN(C)CCN(C)C(=O)N1CC(C(=O)O)c2ccccc21. The van der Waals surface area contributed by atoms with Crippen LogP contribution in [-0.2, 0) is 4.79 Å². The van der Waals surface area contributed by atoms with E-state index in [4.69, 9.17) is 0 Å². The number of aliphatic carboxylic acids is 1. The number of amides is 2. The number of anilines is 1. The fourth-order valence-electron chi connectivity index (χ4n) is 2.45. The molecule has 1 aromatic rings. The second kappa shape index (κ2) is 6.13. The zero-order chi connectivity index (χ0) is 15.6. The monoisotopic (exact) mass is 291 g/mol. The quantitative estimate of drug-likeness (QED) is 0.908. The van der Waals surface area contributed by atoms with Crippen molar-refractivity contribution in [1.29, 1.82) is 0 Å². The molecule has 0 saturated heterocycles. The van der Waals surface area contributed by atoms with Crippen LogP contribution in [0.5, 0.6) is 0 Å². The Morgan fingerprint density at radius 2 is 1.90 bits per heavy atom. The summed E-state index contributed by atoms with van der Waals surface area (Å²) in [5, 5.41) is 9.32. The second-order valence-electron chi connectivity index (χ2n) is 5.57. The summed E-state index contributed by atoms with van der Waals surface area (Å²) in [6.07, 6.45) is 0. The molecule has 1 aliphatic rings. The van der Waals surface area contributed by atoms with Crippen LogP contribution in [0.2, 0.25) is 0 Å². The molecule has 2 rings (SSSR count). The molecule has 21 heavy (non-hydrogen) atoms. The van der Waals surface area contributed by atoms with Crippen LogP contribution in [0.15, 0.2) is 24.3 Å². The van der Waals surface area contributed by atoms with Gasteiger partial charge in [0, 0.05) is 32.4 Å². The highest BCUT2D eigenvalue weighted by Crippen LogP contribution is 2.36. The van der Waals surface area contributed by atoms with Crippen molar-refractivity contribution in [2.45, 2.75) is 5.92 Å². The third-order valence-corrected chi connectivity index (χ3v) is 3.71. The summed E-state index contributed by atoms with van der Waals surface area (Å²) >= 11 is 0. The Labute approximate surface area is 124 Å². The van der Waals surface area contributed by atoms with E-state index in [0.29, 0.717) is 17.8 Å². The number of benzene rings is 1. The first kappa shape index (κ1) is 15.3. The third kappa shape index (κ3) is 3.16. The van der Waals surface area contributed by atoms with E-state index in [1.807, 2.05) is 25.1 Å². The van der Waals surface area contributed by atoms with E-state index < -0.39 is 11.9 Å². The first-order chi connectivity index (χ1) is 9.91. The largest absolute Gasteiger partial charge is 0.481 e. The van der Waals surface area contributed by atoms with Gasteiger partial charge in [-0.25, -0.2) is 4.79 Å². The van der Waals surface area contributed by atoms with E-state index >= 15 is 0 Å². The fourth-order valence-corrected chi connectivity index (χ4v) is 2.45. The molecule has 1 unspecified atom stereocenters. The van der Waals surface area contributed by atoms with Gasteiger partial charge in [-0.05, 0) is 25.7 Å². The highest BCUT2D eigenvalue weighted by Gasteiger charge is 2.37. The molecule has 0 bridgehead atoms. The minimum atomic E-state index is -0.895. The summed E-state index contributed by atoms with van der Waals surface area (Å²) in [6.45, 7) is 1.56. The summed E-state index contributed by atoms with van der Waals surface area (Å²) in [5.41, 5.74) is 1.41. The molecule has 2 amide bonds. The Hall–Kier alpha value is -2.08. The van der Waals surface area contributed by atoms with E-state index in [0.717, 1.165) is 6.54 Å². The number of hydrogen-bond acceptors (Lipinski definition) is 3. The number of carboxylic acids is 1. The van der Waals surface area contributed by atoms with Crippen molar-refractivity contribution < 1.29 is 14.7 Å². The molecule has 1 N–H and O–H groups in total. The van der Waals surface area contributed by atoms with Gasteiger partial charge in [0.1, 0.15) is 5.92 Å². The number of carbonyl (C=O) groups is 2. The lowest BCUT2D eigenvalue weighted by Crippen LogP contribution is -2.43. The number of carboxylic acid groups (broad SMARTS) is 1. The molecule has 1 atom stereocenters. The summed E-state index contributed by atoms with van der Waals surface area (Å²) in [4.78, 5) is 29.1. The van der Waals surface area contributed by atoms with Gasteiger partial charge in [0.2, 0.25) is 0 Å². The molecule has 0 fully saturated rings. The molecule has 0 aliphatic carbocycles. The van der Waals surface area contributed by atoms with E-state index in [-0.39, 0.29) is 12.6 Å². The minimum Gasteiger partial charge on any atom is -0.481 e. The number of rotatable bonds is 4. The lowest BCUT2D eigenvalue weighted by Gasteiger charge is -2.26. The Bertz CT molecular complexity index is 545. The predicted molar refractivity (Wildman–Crippen MR) is 80.7 cm³/mol. The lowest BCUT2D eigenvalue weighted by molar-refractivity contribution is -0.138. The van der Waals surface area contributed by atoms with E-state index in [1.165, 1.54) is 0 Å². The summed E-state index contributed by atoms with van der Waals surface area (Å²) in [6, 6.07) is 7.05. The summed E-state index contributed by atoms with van der Waals surface area (Å²) in [7, 11) is 5.64. The molecule has 6 nitrogen and oxygen atoms in total. The van der Waals surface area contributed by atoms with E-state index in [1.54, 1.807) is 35.0 Å². The highest BCUT2D eigenvalue weighted by molar-refractivity contribution is 5.97. The van der Waals surface area contributed by atoms with Crippen LogP contribution in [0.4, 0.5) is 10.5 Å². The normalized spacial score (nSPS) is 17.0. The van der Waals surface area contributed by atoms with Crippen LogP contribution < -0.4 is 4.90 Å². The van der Waals surface area contributed by atoms with Crippen LogP contribution >= 0.6 is 0 Å². The number of likely N-dealkylation sites (N-methyl/N-ethyl adjacent to an activating group) is 2. The van der Waals surface area contributed by atoms with Crippen molar-refractivity contribution in [3.63, 3.8) is 0 Å². The molecule has 0 spiro atoms. The van der Waals surface area contributed by atoms with Crippen LogP contribution in [-0.4, -0.2) is 67.7 Å². The van der Waals surface area contributed by atoms with Crippen molar-refractivity contribution >= 4 is 17.7 Å². The Balaban J connectivity index is 2.18. The molecule has 6 heteroatoms. The number of fused-ring (bicyclic) bond motifs is 1. The smallest absolute Gasteiger partial charge is 0.324 e. The number of carbonyl (C=O) groups excluding carboxylic acids is 1. The maximum atomic E-state index is 12.5. The van der Waals surface area contributed by atoms with Crippen LogP contribution in [0, 0.1) is 0 Å². The summed E-state index contributed by atoms with van der Waals surface area (Å²) < 4.78 is 0. The fraction of sp³-hybridized carbons (Fsp3) is 0.467. The van der Waals surface area contributed by atoms with Crippen LogP contribution in [0.25, 0.3) is 0 Å². The minimum absolute atomic E-state index is 0.159. The van der Waals surface area contributed by atoms with E-state index in [2.05, 4.69) is 0 Å². The molecule has 1 aromatic carbocycles. The van der Waals surface area contributed by atoms with Gasteiger partial charge in [-0.2, -0.15) is 0 Å². The molecular formula is C15H21N3O3. The average molecular weight is 291 g/mol. The van der Waals surface area contributed by atoms with Crippen molar-refractivity contribution in [2.75, 3.05) is 45.7 Å². The van der Waals surface area contributed by atoms with Crippen molar-refractivity contribution in [2.24, 2.45) is 0 Å². The molecule has 0 radical (unpaired) electrons. The van der Waals surface area contributed by atoms with Crippen molar-refractivity contribution in [1.82, 2.24) is 9.80 Å². The maximum Gasteiger partial charge on any atom is 0.324 e. The van der Waals surface area contributed by atoms with Crippen molar-refractivity contribution in [3.05, 3.63) is 29.8 Å². The van der Waals surface area contributed by atoms with Crippen molar-refractivity contribution in [3.8, 4) is 0 Å². The molecule has 1 heterocycles. The molecule has 0 aromatic heterocycles. The Kier molecular flexibility index (Phi) is 4.47. The van der Waals surface area contributed by atoms with Crippen LogP contribution in [0.3, 0.4) is 0 Å². The Morgan fingerprint density at radius 3 is 2.52 bits per heavy atom. The van der Waals surface area contributed by atoms with Gasteiger partial charge < -0.3 is 14.9 Å². The van der Waals surface area contributed by atoms with E-state index in [9.17, 15) is 14.7 Å². The summed E-state index contributed by atoms with van der Waals surface area (Å²) in [5.74, 6) is -1.54. The topological polar surface area (TPSA) is 64.1 Å². The molecule has 0 saturated carbocycles. The van der Waals surface area contributed by atoms with Gasteiger partial charge in [0.05, 0.1) is 0 Å². The number of hydrogen-bond donors (Lipinski definition) is 1. The van der Waals surface area contributed by atoms with Gasteiger partial charge in [-0.3, -0.25) is 9.69 Å². The predicted octanol–water partition coefficient (Wildman–Crippen LogP) is 1.29. The van der Waals surface area contributed by atoms with Crippen LogP contribution in [0.1, 0.15) is 11.5 Å². The highest BCUT2D eigenvalue weighted by atomic mass is 16.4. The second-order valence-corrected chi connectivity index (χ2v) is 5.57. The third-order valence-electron chi connectivity index (χ3n) is 3.71. The van der Waals surface area contributed by atoms with Gasteiger partial charge in [0.15, 0.2) is 0 Å². The van der Waals surface area contributed by atoms with Gasteiger partial charge in [-0.15, -0.1) is 0 Å². The Morgan fingerprint density at radius 1 is 1.24 bits per heavy atom. The number of nitrogens with zero attached hydrogens (tertiary/aromatic N) is 3. The molecular weight excluding hydrogens is 270 g/mol. The standard InChI is InChI=1S/C15H21N3O3/c1-16(2)8-9-17(3)15(21)18-10-12(14(19)20)11-6-4-5-7-13(11)18/h4-7,12H,8-10H2,1-3H3,(H,19,20). The molecule has 1 aliphatic heterocycles. The maximum absolute atomic E-state index is 12.5. The first-order valence-corrected chi connectivity index (χ1v) is 6.91. The lowest BCUT2D eigenvalue weighted by atomic mass is 10.0. The average Bonchev–Trinajstić information content (AvgIpc) is 2.83. The van der Waals surface area contributed by atoms with Gasteiger partial charge in [0.25, 0.3) is 0 Å². The number of para-hydroxylation sites is 1. The zero-order valence-corrected chi connectivity index (χ0v) is 12.6. The zero-order valence-electron chi connectivity index (χ0n) is 12.6. The van der Waals surface area contributed by atoms with Gasteiger partial charge >= 0.3 is 12.0 Å². The first-order valence-electron chi connectivity index (χ1n) is 6.91. The number of urea groups is 1.